The van der Waals surface area contributed by atoms with Crippen molar-refractivity contribution in [3.05, 3.63) is 16.7 Å². The molecule has 1 aliphatic rings. The Labute approximate surface area is 86.6 Å². The number of nitrogens with one attached hydrogen (secondary N) is 1. The van der Waals surface area contributed by atoms with Crippen LogP contribution in [0.4, 0.5) is 0 Å². The van der Waals surface area contributed by atoms with Crippen molar-refractivity contribution in [2.45, 2.75) is 31.7 Å². The van der Waals surface area contributed by atoms with Crippen molar-refractivity contribution in [2.75, 3.05) is 0 Å². The minimum atomic E-state index is -0.791. The number of imidazole rings is 1. The van der Waals surface area contributed by atoms with E-state index in [1.54, 1.807) is 4.57 Å². The second-order valence-electron chi connectivity index (χ2n) is 3.63. The van der Waals surface area contributed by atoms with Gasteiger partial charge in [0.05, 0.1) is 6.42 Å². The van der Waals surface area contributed by atoms with Gasteiger partial charge in [-0.1, -0.05) is 0 Å². The molecule has 5 heteroatoms. The van der Waals surface area contributed by atoms with Crippen LogP contribution in [0.1, 0.15) is 30.9 Å². The summed E-state index contributed by atoms with van der Waals surface area (Å²) in [5.74, 6) is -0.163. The predicted octanol–water partition coefficient (Wildman–Crippen LogP) is 1.90. The van der Waals surface area contributed by atoms with Gasteiger partial charge in [0.15, 0.2) is 4.77 Å². The van der Waals surface area contributed by atoms with Crippen molar-refractivity contribution in [3.8, 4) is 0 Å². The van der Waals surface area contributed by atoms with Crippen LogP contribution in [0.25, 0.3) is 0 Å². The second kappa shape index (κ2) is 3.57. The molecule has 2 N–H and O–H groups in total. The highest BCUT2D eigenvalue weighted by Crippen LogP contribution is 2.38. The van der Waals surface area contributed by atoms with Crippen LogP contribution in [0.2, 0.25) is 0 Å². The smallest absolute Gasteiger partial charge is 0.305 e. The number of hydrogen-bond donors (Lipinski definition) is 2. The number of aliphatic carboxylic acids is 1. The summed E-state index contributed by atoms with van der Waals surface area (Å²) < 4.78 is 2.44. The lowest BCUT2D eigenvalue weighted by molar-refractivity contribution is -0.137. The molecule has 1 aliphatic carbocycles. The first-order chi connectivity index (χ1) is 6.66. The number of aromatic amines is 1. The lowest BCUT2D eigenvalue weighted by Crippen LogP contribution is -2.03. The van der Waals surface area contributed by atoms with E-state index in [-0.39, 0.29) is 6.42 Å². The summed E-state index contributed by atoms with van der Waals surface area (Å²) in [6.45, 7) is 0.456. The SMILES string of the molecule is O=C(O)CCn1cc(C2CC2)[nH]c1=S. The van der Waals surface area contributed by atoms with Crippen molar-refractivity contribution in [1.29, 1.82) is 0 Å². The van der Waals surface area contributed by atoms with Gasteiger partial charge < -0.3 is 14.7 Å². The van der Waals surface area contributed by atoms with Gasteiger partial charge in [0.1, 0.15) is 0 Å². The Morgan fingerprint density at radius 3 is 3.00 bits per heavy atom. The number of hydrogen-bond acceptors (Lipinski definition) is 2. The molecule has 1 heterocycles. The third-order valence-electron chi connectivity index (χ3n) is 2.39. The normalized spacial score (nSPS) is 15.7. The molecule has 0 amide bonds. The third kappa shape index (κ3) is 2.04. The number of carbonyl (C=O) groups is 1. The molecule has 1 aromatic rings. The van der Waals surface area contributed by atoms with Crippen molar-refractivity contribution in [3.63, 3.8) is 0 Å². The Kier molecular flexibility index (Phi) is 2.41. The van der Waals surface area contributed by atoms with E-state index in [2.05, 4.69) is 4.98 Å². The number of carboxylic acids is 1. The summed E-state index contributed by atoms with van der Waals surface area (Å²) in [6.07, 6.45) is 4.50. The number of nitrogens with zero attached hydrogens (tertiary/aromatic N) is 1. The van der Waals surface area contributed by atoms with Gasteiger partial charge in [-0.2, -0.15) is 0 Å². The van der Waals surface area contributed by atoms with Crippen molar-refractivity contribution in [2.24, 2.45) is 0 Å². The molecule has 76 valence electrons. The molecular formula is C9H12N2O2S. The van der Waals surface area contributed by atoms with Gasteiger partial charge >= 0.3 is 5.97 Å². The van der Waals surface area contributed by atoms with Crippen LogP contribution in [0.15, 0.2) is 6.20 Å². The Morgan fingerprint density at radius 2 is 2.43 bits per heavy atom. The van der Waals surface area contributed by atoms with E-state index in [0.717, 1.165) is 5.69 Å². The lowest BCUT2D eigenvalue weighted by Gasteiger charge is -1.97. The number of aromatic nitrogens is 2. The van der Waals surface area contributed by atoms with Crippen molar-refractivity contribution >= 4 is 18.2 Å². The molecule has 0 atom stereocenters. The highest BCUT2D eigenvalue weighted by Gasteiger charge is 2.25. The van der Waals surface area contributed by atoms with E-state index in [9.17, 15) is 4.79 Å². The van der Waals surface area contributed by atoms with Gasteiger partial charge in [0, 0.05) is 24.4 Å². The molecule has 0 bridgehead atoms. The zero-order valence-electron chi connectivity index (χ0n) is 7.69. The zero-order valence-corrected chi connectivity index (χ0v) is 8.51. The maximum absolute atomic E-state index is 10.4. The Bertz CT molecular complexity index is 403. The van der Waals surface area contributed by atoms with E-state index in [1.165, 1.54) is 12.8 Å². The van der Waals surface area contributed by atoms with Crippen molar-refractivity contribution in [1.82, 2.24) is 9.55 Å². The summed E-state index contributed by atoms with van der Waals surface area (Å²) in [6, 6.07) is 0. The zero-order chi connectivity index (χ0) is 10.1. The van der Waals surface area contributed by atoms with Crippen LogP contribution >= 0.6 is 12.2 Å². The number of H-pyrrole nitrogens is 1. The number of aryl methyl sites for hydroxylation is 1. The molecule has 14 heavy (non-hydrogen) atoms. The molecule has 0 spiro atoms. The fourth-order valence-corrected chi connectivity index (χ4v) is 1.70. The molecule has 4 nitrogen and oxygen atoms in total. The highest BCUT2D eigenvalue weighted by molar-refractivity contribution is 7.71. The average molecular weight is 212 g/mol. The van der Waals surface area contributed by atoms with Crippen LogP contribution in [-0.4, -0.2) is 20.6 Å². The second-order valence-corrected chi connectivity index (χ2v) is 4.01. The van der Waals surface area contributed by atoms with Crippen LogP contribution in [0, 0.1) is 4.77 Å². The summed E-state index contributed by atoms with van der Waals surface area (Å²) in [5, 5.41) is 8.54. The average Bonchev–Trinajstić information content (AvgIpc) is 2.88. The van der Waals surface area contributed by atoms with Gasteiger partial charge in [-0.3, -0.25) is 4.79 Å². The lowest BCUT2D eigenvalue weighted by atomic mass is 10.3. The summed E-state index contributed by atoms with van der Waals surface area (Å²) >= 11 is 5.09. The largest absolute Gasteiger partial charge is 0.481 e. The fourth-order valence-electron chi connectivity index (χ4n) is 1.44. The molecule has 0 saturated heterocycles. The molecule has 1 aromatic heterocycles. The van der Waals surface area contributed by atoms with Crippen LogP contribution < -0.4 is 0 Å². The van der Waals surface area contributed by atoms with Gasteiger partial charge in [-0.25, -0.2) is 0 Å². The fraction of sp³-hybridized carbons (Fsp3) is 0.556. The number of carboxylic acid groups (broad SMARTS) is 1. The first-order valence-electron chi connectivity index (χ1n) is 4.68. The van der Waals surface area contributed by atoms with Crippen LogP contribution in [0.5, 0.6) is 0 Å². The Morgan fingerprint density at radius 1 is 1.71 bits per heavy atom. The van der Waals surface area contributed by atoms with Crippen LogP contribution in [0.3, 0.4) is 0 Å². The maximum atomic E-state index is 10.4. The highest BCUT2D eigenvalue weighted by atomic mass is 32.1. The molecular weight excluding hydrogens is 200 g/mol. The quantitative estimate of drug-likeness (QED) is 0.749. The molecule has 1 saturated carbocycles. The maximum Gasteiger partial charge on any atom is 0.305 e. The third-order valence-corrected chi connectivity index (χ3v) is 2.73. The number of rotatable bonds is 4. The molecule has 0 radical (unpaired) electrons. The van der Waals surface area contributed by atoms with Crippen LogP contribution in [-0.2, 0) is 11.3 Å². The van der Waals surface area contributed by atoms with Crippen molar-refractivity contribution < 1.29 is 9.90 Å². The van der Waals surface area contributed by atoms with Gasteiger partial charge in [0.2, 0.25) is 0 Å². The van der Waals surface area contributed by atoms with Gasteiger partial charge in [-0.15, -0.1) is 0 Å². The standard InChI is InChI=1S/C9H12N2O2S/c12-8(13)3-4-11-5-7(6-1-2-6)10-9(11)14/h5-6H,1-4H2,(H,10,14)(H,12,13). The van der Waals surface area contributed by atoms with E-state index >= 15 is 0 Å². The first kappa shape index (κ1) is 9.45. The molecule has 1 fully saturated rings. The van der Waals surface area contributed by atoms with E-state index in [4.69, 9.17) is 17.3 Å². The minimum absolute atomic E-state index is 0.121. The Balaban J connectivity index is 2.09. The predicted molar refractivity (Wildman–Crippen MR) is 53.8 cm³/mol. The van der Waals surface area contributed by atoms with E-state index < -0.39 is 5.97 Å². The summed E-state index contributed by atoms with van der Waals surface area (Å²) in [5.41, 5.74) is 1.15. The van der Waals surface area contributed by atoms with Gasteiger partial charge in [-0.05, 0) is 25.1 Å². The van der Waals surface area contributed by atoms with Gasteiger partial charge in [0.25, 0.3) is 0 Å². The topological polar surface area (TPSA) is 58.0 Å². The molecule has 0 unspecified atom stereocenters. The summed E-state index contributed by atoms with van der Waals surface area (Å²) in [4.78, 5) is 13.5. The van der Waals surface area contributed by atoms with E-state index in [0.29, 0.717) is 17.2 Å². The monoisotopic (exact) mass is 212 g/mol. The molecule has 0 aromatic carbocycles. The first-order valence-corrected chi connectivity index (χ1v) is 5.09. The van der Waals surface area contributed by atoms with E-state index in [1.807, 2.05) is 6.20 Å². The Hall–Kier alpha value is -1.10. The summed E-state index contributed by atoms with van der Waals surface area (Å²) in [7, 11) is 0. The molecule has 0 aliphatic heterocycles. The molecule has 2 rings (SSSR count). The minimum Gasteiger partial charge on any atom is -0.481 e.